The van der Waals surface area contributed by atoms with Gasteiger partial charge in [0.2, 0.25) is 0 Å². The second-order valence-corrected chi connectivity index (χ2v) is 14.8. The lowest BCUT2D eigenvalue weighted by Gasteiger charge is -2.41. The molecule has 1 saturated heterocycles. The Morgan fingerprint density at radius 2 is 1.67 bits per heavy atom. The fraction of sp³-hybridized carbons (Fsp3) is 0.372. The van der Waals surface area contributed by atoms with Crippen molar-refractivity contribution in [3.8, 4) is 5.75 Å². The molecule has 276 valence electrons. The number of allylic oxidation sites excluding steroid dienone is 3. The number of ether oxygens (including phenoxy) is 2. The molecule has 4 N–H and O–H groups in total. The Morgan fingerprint density at radius 1 is 0.962 bits per heavy atom. The first-order valence-electron chi connectivity index (χ1n) is 18.2. The van der Waals surface area contributed by atoms with E-state index in [-0.39, 0.29) is 6.04 Å². The Balaban J connectivity index is 1.32. The smallest absolute Gasteiger partial charge is 0.170 e. The third kappa shape index (κ3) is 9.83. The number of piperidine rings is 1. The molecule has 1 fully saturated rings. The molecule has 0 saturated carbocycles. The van der Waals surface area contributed by atoms with Gasteiger partial charge in [-0.15, -0.1) is 0 Å². The summed E-state index contributed by atoms with van der Waals surface area (Å²) in [4.78, 5) is 10.2. The summed E-state index contributed by atoms with van der Waals surface area (Å²) in [5, 5.41) is 8.15. The van der Waals surface area contributed by atoms with Crippen LogP contribution in [0.25, 0.3) is 0 Å². The van der Waals surface area contributed by atoms with Gasteiger partial charge in [0.25, 0.3) is 0 Å². The zero-order valence-corrected chi connectivity index (χ0v) is 32.6. The number of rotatable bonds is 15. The number of amidine groups is 1. The fourth-order valence-corrected chi connectivity index (χ4v) is 7.99. The van der Waals surface area contributed by atoms with Gasteiger partial charge >= 0.3 is 0 Å². The average Bonchev–Trinajstić information content (AvgIpc) is 3.14. The average molecular weight is 721 g/mol. The number of methoxy groups -OCH3 is 2. The molecule has 2 heterocycles. The summed E-state index contributed by atoms with van der Waals surface area (Å²) in [6.07, 6.45) is 3.37. The van der Waals surface area contributed by atoms with Gasteiger partial charge in [-0.1, -0.05) is 61.3 Å². The molecule has 9 heteroatoms. The molecule has 2 aliphatic heterocycles. The normalized spacial score (nSPS) is 16.6. The van der Waals surface area contributed by atoms with Gasteiger partial charge in [0.15, 0.2) is 5.17 Å². The van der Waals surface area contributed by atoms with Crippen molar-refractivity contribution in [2.75, 3.05) is 51.4 Å². The largest absolute Gasteiger partial charge is 0.497 e. The number of nitrogens with two attached hydrogens (primary N) is 1. The van der Waals surface area contributed by atoms with Crippen LogP contribution in [0.2, 0.25) is 0 Å². The van der Waals surface area contributed by atoms with E-state index in [1.807, 2.05) is 38.1 Å². The monoisotopic (exact) mass is 720 g/mol. The zero-order valence-electron chi connectivity index (χ0n) is 31.8. The molecule has 1 unspecified atom stereocenters. The Kier molecular flexibility index (Phi) is 13.6. The minimum Gasteiger partial charge on any atom is -0.497 e. The third-order valence-electron chi connectivity index (χ3n) is 9.68. The Labute approximate surface area is 315 Å². The standard InChI is InChI=1S/C43H56N6O2S/c1-29(2)42(45-23-10-24-48-25-21-34(22-26-48)36-11-9-12-38(27-36)46-30(3)4)49-41(35-15-17-37(44)18-16-35)40(32(6)50-7)31(5)47-43(49)52-28-33-13-19-39(51-8)20-14-33/h9,11-20,27,34,41,45-46H,3,6,10,21-26,28,44H2,1-2,4-5,7-8H3. The first kappa shape index (κ1) is 38.6. The minimum absolute atomic E-state index is 0.218. The number of nitrogens with one attached hydrogen (secondary N) is 2. The fourth-order valence-electron chi connectivity index (χ4n) is 6.97. The van der Waals surface area contributed by atoms with E-state index in [2.05, 4.69) is 96.0 Å². The van der Waals surface area contributed by atoms with E-state index in [1.54, 1.807) is 26.0 Å². The van der Waals surface area contributed by atoms with Crippen LogP contribution < -0.4 is 21.1 Å². The van der Waals surface area contributed by atoms with Gasteiger partial charge in [0, 0.05) is 40.6 Å². The van der Waals surface area contributed by atoms with E-state index in [4.69, 9.17) is 20.2 Å². The molecule has 0 amide bonds. The summed E-state index contributed by atoms with van der Waals surface area (Å²) >= 11 is 1.72. The van der Waals surface area contributed by atoms with Crippen LogP contribution in [0.5, 0.6) is 5.75 Å². The number of hydrogen-bond acceptors (Lipinski definition) is 9. The molecule has 52 heavy (non-hydrogen) atoms. The lowest BCUT2D eigenvalue weighted by molar-refractivity contribution is 0.209. The highest BCUT2D eigenvalue weighted by molar-refractivity contribution is 8.13. The summed E-state index contributed by atoms with van der Waals surface area (Å²) < 4.78 is 11.2. The first-order chi connectivity index (χ1) is 25.1. The predicted octanol–water partition coefficient (Wildman–Crippen LogP) is 9.41. The Hall–Kier alpha value is -4.60. The lowest BCUT2D eigenvalue weighted by atomic mass is 9.89. The third-order valence-corrected chi connectivity index (χ3v) is 10.7. The Morgan fingerprint density at radius 3 is 2.31 bits per heavy atom. The predicted molar refractivity (Wildman–Crippen MR) is 220 cm³/mol. The van der Waals surface area contributed by atoms with E-state index >= 15 is 0 Å². The van der Waals surface area contributed by atoms with Gasteiger partial charge in [-0.25, -0.2) is 4.99 Å². The highest BCUT2D eigenvalue weighted by Crippen LogP contribution is 2.43. The van der Waals surface area contributed by atoms with Crippen molar-refractivity contribution in [2.24, 2.45) is 4.99 Å². The number of thioether (sulfide) groups is 1. The molecule has 0 bridgehead atoms. The van der Waals surface area contributed by atoms with Crippen LogP contribution in [0.3, 0.4) is 0 Å². The maximum absolute atomic E-state index is 6.17. The number of nitrogen functional groups attached to an aromatic ring is 1. The molecule has 0 aromatic heterocycles. The topological polar surface area (TPSA) is 87.4 Å². The minimum atomic E-state index is -0.218. The SMILES string of the molecule is C=C(C)Nc1cccc(C2CCN(CCCNC(=C(C)C)N3C(SCc4ccc(OC)cc4)=NC(C)=C(C(=C)OC)C3c3ccc(N)cc3)CC2)c1. The zero-order chi connectivity index (χ0) is 37.2. The van der Waals surface area contributed by atoms with Crippen molar-refractivity contribution in [1.82, 2.24) is 15.1 Å². The van der Waals surface area contributed by atoms with E-state index in [0.717, 1.165) is 89.0 Å². The second kappa shape index (κ2) is 18.2. The summed E-state index contributed by atoms with van der Waals surface area (Å²) in [5.41, 5.74) is 15.7. The highest BCUT2D eigenvalue weighted by Gasteiger charge is 2.37. The first-order valence-corrected chi connectivity index (χ1v) is 19.2. The van der Waals surface area contributed by atoms with Crippen molar-refractivity contribution >= 4 is 28.3 Å². The number of anilines is 2. The molecule has 3 aromatic carbocycles. The van der Waals surface area contributed by atoms with Crippen molar-refractivity contribution in [3.63, 3.8) is 0 Å². The van der Waals surface area contributed by atoms with E-state index in [9.17, 15) is 0 Å². The van der Waals surface area contributed by atoms with Gasteiger partial charge in [0.1, 0.15) is 17.3 Å². The molecular formula is C43H56N6O2S. The molecule has 0 spiro atoms. The van der Waals surface area contributed by atoms with E-state index in [0.29, 0.717) is 11.7 Å². The van der Waals surface area contributed by atoms with Gasteiger partial charge in [-0.2, -0.15) is 0 Å². The number of nitrogens with zero attached hydrogens (tertiary/aromatic N) is 3. The van der Waals surface area contributed by atoms with Crippen molar-refractivity contribution in [3.05, 3.63) is 137 Å². The van der Waals surface area contributed by atoms with Crippen LogP contribution in [0.4, 0.5) is 11.4 Å². The second-order valence-electron chi connectivity index (χ2n) is 13.9. The molecule has 0 radical (unpaired) electrons. The molecule has 2 aliphatic rings. The number of hydrogen-bond donors (Lipinski definition) is 3. The van der Waals surface area contributed by atoms with E-state index < -0.39 is 0 Å². The van der Waals surface area contributed by atoms with Crippen LogP contribution in [-0.4, -0.2) is 55.4 Å². The van der Waals surface area contributed by atoms with Crippen molar-refractivity contribution in [2.45, 2.75) is 64.7 Å². The summed E-state index contributed by atoms with van der Waals surface area (Å²) in [7, 11) is 3.36. The summed E-state index contributed by atoms with van der Waals surface area (Å²) in [6, 6.07) is 24.9. The summed E-state index contributed by atoms with van der Waals surface area (Å²) in [6.45, 7) is 20.8. The van der Waals surface area contributed by atoms with Crippen LogP contribution in [0.1, 0.15) is 75.6 Å². The lowest BCUT2D eigenvalue weighted by Crippen LogP contribution is -2.43. The van der Waals surface area contributed by atoms with Gasteiger partial charge < -0.3 is 30.7 Å². The molecule has 5 rings (SSSR count). The summed E-state index contributed by atoms with van der Waals surface area (Å²) in [5.74, 6) is 3.82. The molecule has 1 atom stereocenters. The molecular weight excluding hydrogens is 665 g/mol. The van der Waals surface area contributed by atoms with Gasteiger partial charge in [-0.05, 0) is 131 Å². The van der Waals surface area contributed by atoms with Gasteiger partial charge in [0.05, 0.1) is 20.3 Å². The van der Waals surface area contributed by atoms with Crippen LogP contribution in [-0.2, 0) is 10.5 Å². The van der Waals surface area contributed by atoms with Crippen molar-refractivity contribution in [1.29, 1.82) is 0 Å². The van der Waals surface area contributed by atoms with Gasteiger partial charge in [-0.3, -0.25) is 4.90 Å². The molecule has 0 aliphatic carbocycles. The van der Waals surface area contributed by atoms with E-state index in [1.165, 1.54) is 29.5 Å². The number of benzene rings is 3. The van der Waals surface area contributed by atoms with Crippen molar-refractivity contribution < 1.29 is 9.47 Å². The number of likely N-dealkylation sites (tertiary alicyclic amines) is 1. The molecule has 3 aromatic rings. The maximum Gasteiger partial charge on any atom is 0.170 e. The number of aliphatic imine (C=N–C) groups is 1. The van der Waals surface area contributed by atoms with Crippen LogP contribution in [0, 0.1) is 0 Å². The Bertz CT molecular complexity index is 1780. The molecule has 8 nitrogen and oxygen atoms in total. The van der Waals surface area contributed by atoms with Crippen LogP contribution >= 0.6 is 11.8 Å². The quantitative estimate of drug-likeness (QED) is 0.0814. The van der Waals surface area contributed by atoms with Crippen LogP contribution in [0.15, 0.2) is 125 Å². The highest BCUT2D eigenvalue weighted by atomic mass is 32.2. The maximum atomic E-state index is 6.17.